The molecule has 1 aromatic heterocycles. The Morgan fingerprint density at radius 1 is 1.08 bits per heavy atom. The number of anilines is 1. The van der Waals surface area contributed by atoms with Crippen molar-refractivity contribution >= 4 is 39.2 Å². The highest BCUT2D eigenvalue weighted by Crippen LogP contribution is 2.36. The van der Waals surface area contributed by atoms with E-state index in [1.165, 1.54) is 0 Å². The Hall–Kier alpha value is -3.86. The van der Waals surface area contributed by atoms with Crippen LogP contribution < -0.4 is 10.1 Å². The fourth-order valence-corrected chi connectivity index (χ4v) is 5.75. The number of hydrogen-bond donors (Lipinski definition) is 1. The quantitative estimate of drug-likeness (QED) is 0.211. The zero-order valence-corrected chi connectivity index (χ0v) is 22.3. The van der Waals surface area contributed by atoms with Crippen LogP contribution >= 0.6 is 21.2 Å². The van der Waals surface area contributed by atoms with Crippen LogP contribution in [0.5, 0.6) is 11.5 Å². The van der Waals surface area contributed by atoms with Gasteiger partial charge in [-0.1, -0.05) is 36.4 Å². The van der Waals surface area contributed by atoms with E-state index in [-0.39, 0.29) is 11.8 Å². The van der Waals surface area contributed by atoms with Crippen LogP contribution in [0.4, 0.5) is 5.82 Å². The molecule has 0 fully saturated rings. The monoisotopic (exact) mass is 608 g/mol. The van der Waals surface area contributed by atoms with Crippen molar-refractivity contribution in [2.75, 3.05) is 25.5 Å². The van der Waals surface area contributed by atoms with Crippen molar-refractivity contribution in [2.24, 2.45) is 5.92 Å². The molecule has 188 valence electrons. The van der Waals surface area contributed by atoms with Crippen molar-refractivity contribution in [3.05, 3.63) is 93.6 Å². The summed E-state index contributed by atoms with van der Waals surface area (Å²) in [5, 5.41) is 8.17. The maximum Gasteiger partial charge on any atom is 0.254 e. The van der Waals surface area contributed by atoms with Gasteiger partial charge in [-0.15, -0.1) is 0 Å². The summed E-state index contributed by atoms with van der Waals surface area (Å²) in [6, 6.07) is 24.0. The molecule has 0 aliphatic carbocycles. The highest BCUT2D eigenvalue weighted by molar-refractivity contribution is 14.1. The van der Waals surface area contributed by atoms with Gasteiger partial charge < -0.3 is 15.0 Å². The molecule has 5 rings (SSSR count). The van der Waals surface area contributed by atoms with E-state index in [9.17, 15) is 12.7 Å². The molecule has 1 N–H and O–H groups in total. The Bertz CT molecular complexity index is 1440. The summed E-state index contributed by atoms with van der Waals surface area (Å²) < 4.78 is 20.7. The van der Waals surface area contributed by atoms with E-state index in [4.69, 9.17) is 9.84 Å². The molecule has 0 bridgehead atoms. The van der Waals surface area contributed by atoms with Crippen molar-refractivity contribution in [1.82, 2.24) is 14.7 Å². The standard InChI is InChI=1S/C28H25IN4O4/c1-32(28(35)24-10-6-5-7-21(24)18-34)16-19-15-30-27-25(29-36)26(31-33(27)17-19)20-11-13-23(14-12-20)37-22-8-3-2-4-9-22/h2-14,18-19,30H,15-17H2,1H3. The molecule has 8 nitrogen and oxygen atoms in total. The number of aromatic nitrogens is 2. The van der Waals surface area contributed by atoms with E-state index in [1.807, 2.05) is 59.3 Å². The van der Waals surface area contributed by atoms with E-state index >= 15 is 0 Å². The van der Waals surface area contributed by atoms with Gasteiger partial charge in [0.1, 0.15) is 26.6 Å². The second kappa shape index (κ2) is 11.0. The number of nitrogens with zero attached hydrogens (tertiary/aromatic N) is 3. The van der Waals surface area contributed by atoms with E-state index < -0.39 is 21.2 Å². The van der Waals surface area contributed by atoms with Gasteiger partial charge in [0.2, 0.25) is 0 Å². The van der Waals surface area contributed by atoms with Crippen LogP contribution in [0.2, 0.25) is 0 Å². The molecule has 1 aliphatic rings. The number of hydrogen-bond acceptors (Lipinski definition) is 6. The van der Waals surface area contributed by atoms with Crippen LogP contribution in [0.3, 0.4) is 0 Å². The number of carbonyl (C=O) groups is 2. The van der Waals surface area contributed by atoms with Gasteiger partial charge in [0, 0.05) is 43.7 Å². The first-order chi connectivity index (χ1) is 18.1. The van der Waals surface area contributed by atoms with Crippen LogP contribution in [0.15, 0.2) is 78.9 Å². The second-order valence-electron chi connectivity index (χ2n) is 8.85. The Kier molecular flexibility index (Phi) is 7.40. The molecule has 1 atom stereocenters. The zero-order chi connectivity index (χ0) is 25.8. The van der Waals surface area contributed by atoms with Gasteiger partial charge in [0.05, 0.1) is 5.56 Å². The highest BCUT2D eigenvalue weighted by atomic mass is 127. The fourth-order valence-electron chi connectivity index (χ4n) is 4.45. The third kappa shape index (κ3) is 5.31. The summed E-state index contributed by atoms with van der Waals surface area (Å²) in [6.45, 7) is 1.70. The first-order valence-corrected chi connectivity index (χ1v) is 13.8. The lowest BCUT2D eigenvalue weighted by atomic mass is 10.0. The minimum Gasteiger partial charge on any atom is -0.457 e. The van der Waals surface area contributed by atoms with Crippen LogP contribution in [0.1, 0.15) is 20.7 Å². The van der Waals surface area contributed by atoms with Crippen molar-refractivity contribution in [3.63, 3.8) is 0 Å². The summed E-state index contributed by atoms with van der Waals surface area (Å²) in [5.41, 5.74) is 2.33. The van der Waals surface area contributed by atoms with Crippen LogP contribution in [0.25, 0.3) is 11.3 Å². The molecule has 9 heteroatoms. The molecule has 1 unspecified atom stereocenters. The molecule has 0 spiro atoms. The smallest absolute Gasteiger partial charge is 0.254 e. The molecule has 1 amide bonds. The van der Waals surface area contributed by atoms with Gasteiger partial charge in [-0.2, -0.15) is 5.10 Å². The topological polar surface area (TPSA) is 93.5 Å². The number of nitrogens with one attached hydrogen (secondary N) is 1. The van der Waals surface area contributed by atoms with Gasteiger partial charge in [-0.25, -0.2) is 4.68 Å². The molecule has 3 aromatic carbocycles. The van der Waals surface area contributed by atoms with Crippen LogP contribution in [-0.2, 0) is 9.61 Å². The number of para-hydroxylation sites is 1. The lowest BCUT2D eigenvalue weighted by Gasteiger charge is -2.29. The Morgan fingerprint density at radius 3 is 2.51 bits per heavy atom. The van der Waals surface area contributed by atoms with Crippen molar-refractivity contribution in [3.8, 4) is 22.8 Å². The Morgan fingerprint density at radius 2 is 1.78 bits per heavy atom. The lowest BCUT2D eigenvalue weighted by molar-refractivity contribution is 0.0765. The molecular formula is C28H25IN4O4. The Balaban J connectivity index is 1.30. The van der Waals surface area contributed by atoms with Gasteiger partial charge in [0.25, 0.3) is 5.91 Å². The number of carbonyl (C=O) groups excluding carboxylic acids is 2. The van der Waals surface area contributed by atoms with Gasteiger partial charge in [-0.05, 0) is 42.5 Å². The van der Waals surface area contributed by atoms with Crippen LogP contribution in [0, 0.1) is 9.49 Å². The molecule has 0 radical (unpaired) electrons. The second-order valence-corrected chi connectivity index (χ2v) is 10.4. The summed E-state index contributed by atoms with van der Waals surface area (Å²) >= 11 is -1.47. The summed E-state index contributed by atoms with van der Waals surface area (Å²) in [4.78, 5) is 25.9. The normalized spacial score (nSPS) is 14.4. The van der Waals surface area contributed by atoms with E-state index in [1.54, 1.807) is 36.2 Å². The summed E-state index contributed by atoms with van der Waals surface area (Å²) in [7, 11) is 1.74. The number of fused-ring (bicyclic) bond motifs is 1. The number of benzene rings is 3. The van der Waals surface area contributed by atoms with Gasteiger partial charge in [0.15, 0.2) is 27.5 Å². The number of rotatable bonds is 8. The van der Waals surface area contributed by atoms with Crippen molar-refractivity contribution in [2.45, 2.75) is 6.54 Å². The molecule has 0 saturated heterocycles. The predicted octanol–water partition coefficient (Wildman–Crippen LogP) is 5.45. The molecule has 37 heavy (non-hydrogen) atoms. The zero-order valence-electron chi connectivity index (χ0n) is 20.1. The minimum absolute atomic E-state index is 0.0944. The SMILES string of the molecule is CN(CC1CNc2c(I=O)c(-c3ccc(Oc4ccccc4)cc3)nn2C1)C(=O)c1ccccc1C=O. The number of ether oxygens (including phenoxy) is 1. The van der Waals surface area contributed by atoms with E-state index in [2.05, 4.69) is 5.32 Å². The molecular weight excluding hydrogens is 583 g/mol. The average molecular weight is 608 g/mol. The lowest BCUT2D eigenvalue weighted by Crippen LogP contribution is -2.39. The van der Waals surface area contributed by atoms with Crippen LogP contribution in [-0.4, -0.2) is 47.0 Å². The van der Waals surface area contributed by atoms with Gasteiger partial charge in [-0.3, -0.25) is 12.7 Å². The Labute approximate surface area is 224 Å². The van der Waals surface area contributed by atoms with Crippen molar-refractivity contribution < 1.29 is 17.4 Å². The molecule has 0 saturated carbocycles. The highest BCUT2D eigenvalue weighted by Gasteiger charge is 2.28. The summed E-state index contributed by atoms with van der Waals surface area (Å²) in [6.07, 6.45) is 0.703. The molecule has 2 heterocycles. The third-order valence-corrected chi connectivity index (χ3v) is 7.73. The third-order valence-electron chi connectivity index (χ3n) is 6.26. The largest absolute Gasteiger partial charge is 0.457 e. The molecule has 1 aliphatic heterocycles. The first-order valence-electron chi connectivity index (χ1n) is 11.8. The average Bonchev–Trinajstić information content (AvgIpc) is 3.31. The van der Waals surface area contributed by atoms with Gasteiger partial charge >= 0.3 is 0 Å². The number of halogens is 1. The van der Waals surface area contributed by atoms with E-state index in [0.717, 1.165) is 20.7 Å². The summed E-state index contributed by atoms with van der Waals surface area (Å²) in [5.74, 6) is 2.14. The number of aldehydes is 1. The maximum absolute atomic E-state index is 13.0. The maximum atomic E-state index is 13.0. The minimum atomic E-state index is -1.47. The van der Waals surface area contributed by atoms with Crippen molar-refractivity contribution in [1.29, 1.82) is 0 Å². The molecule has 4 aromatic rings. The fraction of sp³-hybridized carbons (Fsp3) is 0.179. The van der Waals surface area contributed by atoms with E-state index in [0.29, 0.717) is 48.5 Å². The first kappa shape index (κ1) is 24.8. The predicted molar refractivity (Wildman–Crippen MR) is 148 cm³/mol. The number of amides is 1.